The normalized spacial score (nSPS) is 13.2. The fourth-order valence-electron chi connectivity index (χ4n) is 2.11. The summed E-state index contributed by atoms with van der Waals surface area (Å²) in [5.74, 6) is 0.158. The van der Waals surface area contributed by atoms with Gasteiger partial charge in [-0.1, -0.05) is 38.1 Å². The van der Waals surface area contributed by atoms with Crippen molar-refractivity contribution in [3.05, 3.63) is 35.4 Å². The van der Waals surface area contributed by atoms with Gasteiger partial charge in [-0.05, 0) is 23.5 Å². The highest BCUT2D eigenvalue weighted by Gasteiger charge is 2.19. The van der Waals surface area contributed by atoms with E-state index in [1.165, 1.54) is 10.5 Å². The Labute approximate surface area is 133 Å². The van der Waals surface area contributed by atoms with Crippen LogP contribution in [-0.4, -0.2) is 44.3 Å². The molecule has 124 valence electrons. The molecule has 0 aromatic heterocycles. The highest BCUT2D eigenvalue weighted by Crippen LogP contribution is 2.15. The fraction of sp³-hybridized carbons (Fsp3) is 0.562. The van der Waals surface area contributed by atoms with E-state index in [2.05, 4.69) is 26.0 Å². The number of amides is 1. The van der Waals surface area contributed by atoms with E-state index >= 15 is 0 Å². The van der Waals surface area contributed by atoms with E-state index in [4.69, 9.17) is 5.73 Å². The number of nitrogens with two attached hydrogens (primary N) is 1. The number of carbonyl (C=O) groups excluding carboxylic acids is 1. The molecule has 6 heteroatoms. The molecular formula is C16H26N2O3S. The summed E-state index contributed by atoms with van der Waals surface area (Å²) in [5.41, 5.74) is 8.06. The molecule has 1 atom stereocenters. The Hall–Kier alpha value is -1.40. The molecule has 5 nitrogen and oxygen atoms in total. The second-order valence-electron chi connectivity index (χ2n) is 6.12. The van der Waals surface area contributed by atoms with Gasteiger partial charge >= 0.3 is 0 Å². The number of nitrogens with zero attached hydrogens (tertiary/aromatic N) is 1. The van der Waals surface area contributed by atoms with Crippen LogP contribution in [0.25, 0.3) is 0 Å². The molecule has 1 amide bonds. The molecule has 2 N–H and O–H groups in total. The van der Waals surface area contributed by atoms with Crippen molar-refractivity contribution in [1.29, 1.82) is 0 Å². The molecule has 1 unspecified atom stereocenters. The summed E-state index contributed by atoms with van der Waals surface area (Å²) in [7, 11) is -1.42. The van der Waals surface area contributed by atoms with Crippen LogP contribution in [0.3, 0.4) is 0 Å². The van der Waals surface area contributed by atoms with Crippen molar-refractivity contribution in [1.82, 2.24) is 4.90 Å². The van der Waals surface area contributed by atoms with E-state index in [0.717, 1.165) is 11.8 Å². The molecule has 0 aliphatic heterocycles. The molecule has 0 aliphatic rings. The zero-order valence-corrected chi connectivity index (χ0v) is 14.6. The molecule has 0 bridgehead atoms. The number of benzene rings is 1. The molecule has 0 aliphatic carbocycles. The van der Waals surface area contributed by atoms with Gasteiger partial charge in [0.05, 0.1) is 11.8 Å². The molecule has 0 radical (unpaired) electrons. The van der Waals surface area contributed by atoms with E-state index in [9.17, 15) is 13.2 Å². The van der Waals surface area contributed by atoms with Gasteiger partial charge in [0.25, 0.3) is 0 Å². The summed E-state index contributed by atoms with van der Waals surface area (Å²) in [6.45, 7) is 4.72. The Bertz CT molecular complexity index is 594. The number of hydrogen-bond donors (Lipinski definition) is 1. The summed E-state index contributed by atoms with van der Waals surface area (Å²) in [5, 5.41) is 0. The molecule has 1 aromatic rings. The lowest BCUT2D eigenvalue weighted by Gasteiger charge is -2.21. The Morgan fingerprint density at radius 2 is 1.77 bits per heavy atom. The predicted molar refractivity (Wildman–Crippen MR) is 89.3 cm³/mol. The first-order valence-corrected chi connectivity index (χ1v) is 9.43. The van der Waals surface area contributed by atoms with Crippen molar-refractivity contribution in [3.8, 4) is 0 Å². The standard InChI is InChI=1S/C16H26N2O3S/c1-12(2)14-7-5-13(6-8-14)11-18(3)16(19)15(17)9-10-22(4,20)21/h5-8,12,15H,9-11,17H2,1-4H3. The topological polar surface area (TPSA) is 80.5 Å². The molecule has 0 fully saturated rings. The molecule has 0 spiro atoms. The zero-order valence-electron chi connectivity index (χ0n) is 13.7. The summed E-state index contributed by atoms with van der Waals surface area (Å²) >= 11 is 0. The second kappa shape index (κ2) is 7.74. The summed E-state index contributed by atoms with van der Waals surface area (Å²) in [6.07, 6.45) is 1.29. The van der Waals surface area contributed by atoms with Crippen LogP contribution in [0.15, 0.2) is 24.3 Å². The number of hydrogen-bond acceptors (Lipinski definition) is 4. The maximum atomic E-state index is 12.1. The molecule has 22 heavy (non-hydrogen) atoms. The minimum Gasteiger partial charge on any atom is -0.340 e. The summed E-state index contributed by atoms with van der Waals surface area (Å²) in [6, 6.07) is 7.33. The third-order valence-corrected chi connectivity index (χ3v) is 4.54. The van der Waals surface area contributed by atoms with E-state index in [1.54, 1.807) is 7.05 Å². The SMILES string of the molecule is CC(C)c1ccc(CN(C)C(=O)C(N)CCS(C)(=O)=O)cc1. The van der Waals surface area contributed by atoms with Gasteiger partial charge in [0.1, 0.15) is 9.84 Å². The Morgan fingerprint density at radius 3 is 2.23 bits per heavy atom. The van der Waals surface area contributed by atoms with Gasteiger partial charge in [0.2, 0.25) is 5.91 Å². The number of sulfone groups is 1. The van der Waals surface area contributed by atoms with E-state index in [0.29, 0.717) is 12.5 Å². The minimum absolute atomic E-state index is 0.0726. The van der Waals surface area contributed by atoms with Crippen molar-refractivity contribution in [3.63, 3.8) is 0 Å². The van der Waals surface area contributed by atoms with Gasteiger partial charge in [-0.25, -0.2) is 8.42 Å². The van der Waals surface area contributed by atoms with E-state index < -0.39 is 15.9 Å². The highest BCUT2D eigenvalue weighted by molar-refractivity contribution is 7.90. The third kappa shape index (κ3) is 6.15. The smallest absolute Gasteiger partial charge is 0.239 e. The van der Waals surface area contributed by atoms with E-state index in [1.807, 2.05) is 12.1 Å². The highest BCUT2D eigenvalue weighted by atomic mass is 32.2. The largest absolute Gasteiger partial charge is 0.340 e. The number of rotatable bonds is 7. The average Bonchev–Trinajstić information content (AvgIpc) is 2.43. The van der Waals surface area contributed by atoms with Crippen molar-refractivity contribution in [2.24, 2.45) is 5.73 Å². The van der Waals surface area contributed by atoms with Crippen LogP contribution < -0.4 is 5.73 Å². The molecule has 1 rings (SSSR count). The van der Waals surface area contributed by atoms with Gasteiger partial charge in [0.15, 0.2) is 0 Å². The van der Waals surface area contributed by atoms with Gasteiger partial charge in [-0.3, -0.25) is 4.79 Å². The van der Waals surface area contributed by atoms with Gasteiger partial charge in [0, 0.05) is 19.8 Å². The second-order valence-corrected chi connectivity index (χ2v) is 8.38. The summed E-state index contributed by atoms with van der Waals surface area (Å²) < 4.78 is 22.3. The first-order chi connectivity index (χ1) is 10.1. The molecule has 0 saturated carbocycles. The maximum Gasteiger partial charge on any atom is 0.239 e. The average molecular weight is 326 g/mol. The zero-order chi connectivity index (χ0) is 16.9. The van der Waals surface area contributed by atoms with Crippen molar-refractivity contribution in [2.45, 2.75) is 38.8 Å². The Kier molecular flexibility index (Phi) is 6.56. The quantitative estimate of drug-likeness (QED) is 0.824. The molecule has 1 aromatic carbocycles. The van der Waals surface area contributed by atoms with Crippen LogP contribution in [0.4, 0.5) is 0 Å². The number of carbonyl (C=O) groups is 1. The van der Waals surface area contributed by atoms with Crippen molar-refractivity contribution in [2.75, 3.05) is 19.1 Å². The third-order valence-electron chi connectivity index (χ3n) is 3.56. The van der Waals surface area contributed by atoms with Crippen molar-refractivity contribution >= 4 is 15.7 Å². The Balaban J connectivity index is 2.59. The van der Waals surface area contributed by atoms with E-state index in [-0.39, 0.29) is 18.1 Å². The lowest BCUT2D eigenvalue weighted by molar-refractivity contribution is -0.131. The fourth-order valence-corrected chi connectivity index (χ4v) is 2.79. The van der Waals surface area contributed by atoms with Crippen LogP contribution in [0.5, 0.6) is 0 Å². The first-order valence-electron chi connectivity index (χ1n) is 7.37. The van der Waals surface area contributed by atoms with Crippen LogP contribution in [0.1, 0.15) is 37.3 Å². The summed E-state index contributed by atoms with van der Waals surface area (Å²) in [4.78, 5) is 13.7. The minimum atomic E-state index is -3.10. The Morgan fingerprint density at radius 1 is 1.23 bits per heavy atom. The molecule has 0 saturated heterocycles. The monoisotopic (exact) mass is 326 g/mol. The van der Waals surface area contributed by atoms with Gasteiger partial charge < -0.3 is 10.6 Å². The van der Waals surface area contributed by atoms with Crippen LogP contribution >= 0.6 is 0 Å². The van der Waals surface area contributed by atoms with Gasteiger partial charge in [-0.2, -0.15) is 0 Å². The maximum absolute atomic E-state index is 12.1. The lowest BCUT2D eigenvalue weighted by atomic mass is 10.0. The van der Waals surface area contributed by atoms with Crippen molar-refractivity contribution < 1.29 is 13.2 Å². The number of likely N-dealkylation sites (N-methyl/N-ethyl adjacent to an activating group) is 1. The molecular weight excluding hydrogens is 300 g/mol. The lowest BCUT2D eigenvalue weighted by Crippen LogP contribution is -2.42. The van der Waals surface area contributed by atoms with Crippen LogP contribution in [0, 0.1) is 0 Å². The van der Waals surface area contributed by atoms with Crippen LogP contribution in [-0.2, 0) is 21.2 Å². The van der Waals surface area contributed by atoms with Gasteiger partial charge in [-0.15, -0.1) is 0 Å². The first kappa shape index (κ1) is 18.6. The van der Waals surface area contributed by atoms with Crippen LogP contribution in [0.2, 0.25) is 0 Å². The predicted octanol–water partition coefficient (Wildman–Crippen LogP) is 1.53. The molecule has 0 heterocycles.